The highest BCUT2D eigenvalue weighted by Crippen LogP contribution is 2.45. The number of aliphatic hydroxyl groups excluding tert-OH is 2. The summed E-state index contributed by atoms with van der Waals surface area (Å²) in [5, 5.41) is 22.5. The second-order valence-corrected chi connectivity index (χ2v) is 11.5. The SMILES string of the molecule is CC/C(=C\CC(C)C)SC1OC(COC(C)=O)C2OCCC2C1N1C(O)CCCCCCC1O. The number of ether oxygens (including phenoxy) is 3. The van der Waals surface area contributed by atoms with Crippen LogP contribution in [0.3, 0.4) is 0 Å². The molecule has 0 aromatic carbocycles. The predicted octanol–water partition coefficient (Wildman–Crippen LogP) is 4.41. The number of carbonyl (C=O) groups excluding carboxylic acids is 1. The normalized spacial score (nSPS) is 36.0. The molecule has 3 aliphatic heterocycles. The van der Waals surface area contributed by atoms with Gasteiger partial charge in [-0.2, -0.15) is 0 Å². The van der Waals surface area contributed by atoms with Crippen LogP contribution in [0.2, 0.25) is 0 Å². The Labute approximate surface area is 209 Å². The molecule has 0 amide bonds. The van der Waals surface area contributed by atoms with Crippen molar-refractivity contribution in [3.05, 3.63) is 11.0 Å². The van der Waals surface area contributed by atoms with E-state index in [2.05, 4.69) is 26.8 Å². The third-order valence-electron chi connectivity index (χ3n) is 7.17. The smallest absolute Gasteiger partial charge is 0.302 e. The van der Waals surface area contributed by atoms with Gasteiger partial charge < -0.3 is 24.4 Å². The molecule has 0 radical (unpaired) electrons. The second kappa shape index (κ2) is 13.6. The number of esters is 1. The van der Waals surface area contributed by atoms with Crippen molar-refractivity contribution < 1.29 is 29.2 Å². The molecule has 3 saturated heterocycles. The van der Waals surface area contributed by atoms with E-state index < -0.39 is 12.5 Å². The Morgan fingerprint density at radius 1 is 1.15 bits per heavy atom. The Kier molecular flexibility index (Phi) is 11.2. The minimum absolute atomic E-state index is 0.0834. The quantitative estimate of drug-likeness (QED) is 0.475. The van der Waals surface area contributed by atoms with E-state index >= 15 is 0 Å². The average Bonchev–Trinajstić information content (AvgIpc) is 3.30. The minimum atomic E-state index is -0.721. The van der Waals surface area contributed by atoms with Crippen molar-refractivity contribution in [1.82, 2.24) is 4.90 Å². The van der Waals surface area contributed by atoms with Crippen LogP contribution in [0.1, 0.15) is 85.5 Å². The molecule has 3 rings (SSSR count). The Hall–Kier alpha value is -0.640. The zero-order valence-electron chi connectivity index (χ0n) is 21.4. The molecule has 3 heterocycles. The summed E-state index contributed by atoms with van der Waals surface area (Å²) >= 11 is 1.70. The molecular weight excluding hydrogens is 454 g/mol. The number of carbonyl (C=O) groups is 1. The molecule has 34 heavy (non-hydrogen) atoms. The Balaban J connectivity index is 1.92. The standard InChI is InChI=1S/C26H45NO6S/c1-5-19(13-12-17(2)3)34-26-24(27-22(29)10-8-6-7-9-11-23(27)30)20-14-15-31-25(20)21(33-26)16-32-18(4)28/h13,17,20-26,29-30H,5-12,14-16H2,1-4H3/b19-13+. The third-order valence-corrected chi connectivity index (χ3v) is 8.55. The maximum Gasteiger partial charge on any atom is 0.302 e. The number of rotatable bonds is 8. The van der Waals surface area contributed by atoms with Crippen LogP contribution in [-0.4, -0.2) is 70.4 Å². The molecule has 3 fully saturated rings. The molecule has 2 N–H and O–H groups in total. The molecule has 0 bridgehead atoms. The van der Waals surface area contributed by atoms with Gasteiger partial charge in [-0.05, 0) is 55.8 Å². The van der Waals surface area contributed by atoms with Crippen LogP contribution in [-0.2, 0) is 19.0 Å². The van der Waals surface area contributed by atoms with Crippen molar-refractivity contribution in [3.8, 4) is 0 Å². The van der Waals surface area contributed by atoms with E-state index in [0.717, 1.165) is 44.9 Å². The number of hydrogen-bond donors (Lipinski definition) is 2. The first-order chi connectivity index (χ1) is 16.3. The molecule has 0 aliphatic carbocycles. The number of nitrogens with zero attached hydrogens (tertiary/aromatic N) is 1. The van der Waals surface area contributed by atoms with E-state index in [4.69, 9.17) is 14.2 Å². The summed E-state index contributed by atoms with van der Waals surface area (Å²) in [6.45, 7) is 8.73. The first-order valence-corrected chi connectivity index (χ1v) is 14.1. The van der Waals surface area contributed by atoms with E-state index in [9.17, 15) is 15.0 Å². The highest BCUT2D eigenvalue weighted by molar-refractivity contribution is 8.03. The molecule has 7 nitrogen and oxygen atoms in total. The van der Waals surface area contributed by atoms with E-state index in [1.165, 1.54) is 11.8 Å². The molecule has 0 spiro atoms. The molecule has 7 unspecified atom stereocenters. The van der Waals surface area contributed by atoms with Crippen LogP contribution in [0.4, 0.5) is 0 Å². The van der Waals surface area contributed by atoms with Gasteiger partial charge in [0, 0.05) is 19.4 Å². The number of aliphatic hydroxyl groups is 2. The zero-order chi connectivity index (χ0) is 24.7. The molecule has 0 aromatic rings. The van der Waals surface area contributed by atoms with Crippen LogP contribution < -0.4 is 0 Å². The van der Waals surface area contributed by atoms with E-state index in [1.54, 1.807) is 11.8 Å². The van der Waals surface area contributed by atoms with E-state index in [1.807, 2.05) is 4.90 Å². The molecule has 0 aromatic heterocycles. The largest absolute Gasteiger partial charge is 0.463 e. The lowest BCUT2D eigenvalue weighted by Crippen LogP contribution is -2.63. The lowest BCUT2D eigenvalue weighted by atomic mass is 9.86. The zero-order valence-corrected chi connectivity index (χ0v) is 22.2. The van der Waals surface area contributed by atoms with Gasteiger partial charge in [0.1, 0.15) is 30.6 Å². The van der Waals surface area contributed by atoms with Gasteiger partial charge in [0.2, 0.25) is 0 Å². The lowest BCUT2D eigenvalue weighted by Gasteiger charge is -2.50. The van der Waals surface area contributed by atoms with Crippen molar-refractivity contribution >= 4 is 17.7 Å². The van der Waals surface area contributed by atoms with E-state index in [0.29, 0.717) is 25.4 Å². The average molecular weight is 500 g/mol. The topological polar surface area (TPSA) is 88.5 Å². The summed E-state index contributed by atoms with van der Waals surface area (Å²) in [5.74, 6) is 0.317. The monoisotopic (exact) mass is 499 g/mol. The summed E-state index contributed by atoms with van der Waals surface area (Å²) in [6, 6.07) is -0.192. The molecule has 7 atom stereocenters. The van der Waals surface area contributed by atoms with Gasteiger partial charge in [-0.3, -0.25) is 4.79 Å². The van der Waals surface area contributed by atoms with Crippen molar-refractivity contribution in [1.29, 1.82) is 0 Å². The fraction of sp³-hybridized carbons (Fsp3) is 0.885. The van der Waals surface area contributed by atoms with Gasteiger partial charge in [-0.25, -0.2) is 4.90 Å². The predicted molar refractivity (Wildman–Crippen MR) is 134 cm³/mol. The molecule has 8 heteroatoms. The third kappa shape index (κ3) is 7.43. The fourth-order valence-corrected chi connectivity index (χ4v) is 6.73. The summed E-state index contributed by atoms with van der Waals surface area (Å²) in [5.41, 5.74) is -0.299. The fourth-order valence-electron chi connectivity index (χ4n) is 5.39. The van der Waals surface area contributed by atoms with Gasteiger partial charge >= 0.3 is 5.97 Å². The van der Waals surface area contributed by atoms with Crippen LogP contribution in [0.15, 0.2) is 11.0 Å². The number of hydrogen-bond acceptors (Lipinski definition) is 8. The minimum Gasteiger partial charge on any atom is -0.463 e. The van der Waals surface area contributed by atoms with Crippen LogP contribution in [0.5, 0.6) is 0 Å². The molecular formula is C26H45NO6S. The Bertz CT molecular complexity index is 660. The van der Waals surface area contributed by atoms with Crippen molar-refractivity contribution in [2.24, 2.45) is 11.8 Å². The maximum atomic E-state index is 11.5. The molecule has 3 aliphatic rings. The van der Waals surface area contributed by atoms with Gasteiger partial charge in [-0.1, -0.05) is 51.5 Å². The number of allylic oxidation sites excluding steroid dienone is 2. The summed E-state index contributed by atoms with van der Waals surface area (Å²) in [6.07, 6.45) is 8.33. The van der Waals surface area contributed by atoms with Crippen LogP contribution in [0.25, 0.3) is 0 Å². The van der Waals surface area contributed by atoms with Gasteiger partial charge in [-0.15, -0.1) is 0 Å². The lowest BCUT2D eigenvalue weighted by molar-refractivity contribution is -0.211. The van der Waals surface area contributed by atoms with Crippen molar-refractivity contribution in [2.75, 3.05) is 13.2 Å². The van der Waals surface area contributed by atoms with E-state index in [-0.39, 0.29) is 42.2 Å². The van der Waals surface area contributed by atoms with Crippen molar-refractivity contribution in [3.63, 3.8) is 0 Å². The number of thioether (sulfide) groups is 1. The molecule has 0 saturated carbocycles. The van der Waals surface area contributed by atoms with Crippen LogP contribution >= 0.6 is 11.8 Å². The molecule has 196 valence electrons. The second-order valence-electron chi connectivity index (χ2n) is 10.3. The summed E-state index contributed by atoms with van der Waals surface area (Å²) in [7, 11) is 0. The van der Waals surface area contributed by atoms with Crippen LogP contribution in [0, 0.1) is 11.8 Å². The summed E-state index contributed by atoms with van der Waals surface area (Å²) < 4.78 is 18.1. The summed E-state index contributed by atoms with van der Waals surface area (Å²) in [4.78, 5) is 14.7. The van der Waals surface area contributed by atoms with Crippen molar-refractivity contribution in [2.45, 2.75) is 122 Å². The van der Waals surface area contributed by atoms with Gasteiger partial charge in [0.05, 0.1) is 12.1 Å². The number of fused-ring (bicyclic) bond motifs is 1. The maximum absolute atomic E-state index is 11.5. The Morgan fingerprint density at radius 3 is 2.41 bits per heavy atom. The highest BCUT2D eigenvalue weighted by atomic mass is 32.2. The Morgan fingerprint density at radius 2 is 1.82 bits per heavy atom. The highest BCUT2D eigenvalue weighted by Gasteiger charge is 2.53. The van der Waals surface area contributed by atoms with Gasteiger partial charge in [0.25, 0.3) is 0 Å². The first-order valence-electron chi connectivity index (χ1n) is 13.2. The first kappa shape index (κ1) is 27.9. The van der Waals surface area contributed by atoms with Gasteiger partial charge in [0.15, 0.2) is 0 Å².